The average Bonchev–Trinajstić information content (AvgIpc) is 3.53. The smallest absolute Gasteiger partial charge is 0.414 e. The summed E-state index contributed by atoms with van der Waals surface area (Å²) in [5.74, 6) is -1.09. The highest BCUT2D eigenvalue weighted by Gasteiger charge is 2.33. The quantitative estimate of drug-likeness (QED) is 0.295. The maximum Gasteiger partial charge on any atom is 0.414 e. The molecule has 0 saturated carbocycles. The molecule has 3 heterocycles. The van der Waals surface area contributed by atoms with Crippen LogP contribution in [0.2, 0.25) is 0 Å². The number of imidazole rings is 1. The van der Waals surface area contributed by atoms with Gasteiger partial charge in [-0.25, -0.2) is 9.18 Å². The predicted molar refractivity (Wildman–Crippen MR) is 136 cm³/mol. The summed E-state index contributed by atoms with van der Waals surface area (Å²) in [4.78, 5) is 38.7. The number of carbonyl (C=O) groups is 2. The number of ether oxygens (including phenoxy) is 4. The Kier molecular flexibility index (Phi) is 7.77. The third kappa shape index (κ3) is 6.29. The predicted octanol–water partition coefficient (Wildman–Crippen LogP) is 2.95. The number of carbonyl (C=O) groups excluding carboxylic acids is 2. The molecule has 14 heteroatoms. The average molecular weight is 556 g/mol. The van der Waals surface area contributed by atoms with Gasteiger partial charge < -0.3 is 34.4 Å². The van der Waals surface area contributed by atoms with Crippen molar-refractivity contribution < 1.29 is 37.9 Å². The van der Waals surface area contributed by atoms with Crippen LogP contribution in [0.1, 0.15) is 18.1 Å². The molecule has 0 radical (unpaired) electrons. The maximum atomic E-state index is 14.7. The van der Waals surface area contributed by atoms with E-state index in [9.17, 15) is 24.1 Å². The molecule has 1 fully saturated rings. The van der Waals surface area contributed by atoms with Crippen molar-refractivity contribution in [1.29, 1.82) is 0 Å². The lowest BCUT2D eigenvalue weighted by molar-refractivity contribution is -0.389. The zero-order chi connectivity index (χ0) is 28.2. The van der Waals surface area contributed by atoms with E-state index in [0.29, 0.717) is 18.8 Å². The summed E-state index contributed by atoms with van der Waals surface area (Å²) in [6.07, 6.45) is -0.102. The number of amides is 2. The number of nitrogens with one attached hydrogen (secondary N) is 1. The number of rotatable bonds is 10. The van der Waals surface area contributed by atoms with Gasteiger partial charge in [0.2, 0.25) is 5.91 Å². The van der Waals surface area contributed by atoms with Crippen LogP contribution in [0.3, 0.4) is 0 Å². The van der Waals surface area contributed by atoms with E-state index in [1.807, 2.05) is 24.3 Å². The fourth-order valence-corrected chi connectivity index (χ4v) is 4.24. The van der Waals surface area contributed by atoms with Crippen LogP contribution in [-0.2, 0) is 34.0 Å². The number of fused-ring (bicyclic) bond motifs is 1. The Morgan fingerprint density at radius 3 is 2.65 bits per heavy atom. The number of aromatic nitrogens is 2. The minimum atomic E-state index is -0.623. The van der Waals surface area contributed by atoms with Crippen molar-refractivity contribution in [3.05, 3.63) is 75.7 Å². The second kappa shape index (κ2) is 11.6. The van der Waals surface area contributed by atoms with Crippen molar-refractivity contribution in [2.75, 3.05) is 24.6 Å². The molecule has 5 rings (SSSR count). The molecule has 210 valence electrons. The van der Waals surface area contributed by atoms with Gasteiger partial charge >= 0.3 is 17.9 Å². The molecule has 1 N–H and O–H groups in total. The first kappa shape index (κ1) is 26.9. The van der Waals surface area contributed by atoms with E-state index < -0.39 is 22.9 Å². The van der Waals surface area contributed by atoms with Gasteiger partial charge in [0.05, 0.1) is 31.9 Å². The molecule has 13 nitrogen and oxygen atoms in total. The SMILES string of the molecule is CC(=O)NCC1CN(c2ccc(OCc3ccc(COC4COc5nc([N+](=O)[O-])cn5C4)cc3)c(F)c2)C(=O)O1. The second-order valence-corrected chi connectivity index (χ2v) is 9.31. The molecule has 40 heavy (non-hydrogen) atoms. The molecular formula is C26H26FN5O8. The number of halogens is 1. The van der Waals surface area contributed by atoms with Crippen molar-refractivity contribution in [3.8, 4) is 11.8 Å². The zero-order valence-electron chi connectivity index (χ0n) is 21.4. The van der Waals surface area contributed by atoms with Gasteiger partial charge in [-0.15, -0.1) is 0 Å². The van der Waals surface area contributed by atoms with E-state index in [2.05, 4.69) is 10.3 Å². The van der Waals surface area contributed by atoms with Crippen LogP contribution in [0.15, 0.2) is 48.7 Å². The molecule has 3 aromatic rings. The first-order valence-corrected chi connectivity index (χ1v) is 12.4. The molecule has 2 amide bonds. The lowest BCUT2D eigenvalue weighted by Crippen LogP contribution is -2.33. The molecule has 1 saturated heterocycles. The van der Waals surface area contributed by atoms with E-state index in [4.69, 9.17) is 18.9 Å². The highest BCUT2D eigenvalue weighted by molar-refractivity contribution is 5.90. The molecule has 0 bridgehead atoms. The summed E-state index contributed by atoms with van der Waals surface area (Å²) in [6, 6.07) is 11.8. The van der Waals surface area contributed by atoms with Gasteiger partial charge in [0, 0.05) is 18.0 Å². The van der Waals surface area contributed by atoms with Gasteiger partial charge in [0.1, 0.15) is 31.6 Å². The van der Waals surface area contributed by atoms with Crippen LogP contribution in [0, 0.1) is 15.9 Å². The Hall–Kier alpha value is -4.72. The lowest BCUT2D eigenvalue weighted by atomic mass is 10.1. The normalized spacial score (nSPS) is 18.1. The number of cyclic esters (lactones) is 1. The summed E-state index contributed by atoms with van der Waals surface area (Å²) in [5, 5.41) is 13.5. The van der Waals surface area contributed by atoms with Crippen molar-refractivity contribution in [1.82, 2.24) is 14.9 Å². The van der Waals surface area contributed by atoms with Gasteiger partial charge in [-0.1, -0.05) is 24.3 Å². The van der Waals surface area contributed by atoms with Gasteiger partial charge in [0.25, 0.3) is 0 Å². The lowest BCUT2D eigenvalue weighted by Gasteiger charge is -2.22. The molecule has 2 aliphatic heterocycles. The first-order chi connectivity index (χ1) is 19.2. The van der Waals surface area contributed by atoms with Gasteiger partial charge in [-0.3, -0.25) is 14.3 Å². The Balaban J connectivity index is 1.10. The third-order valence-corrected chi connectivity index (χ3v) is 6.30. The molecule has 0 aliphatic carbocycles. The third-order valence-electron chi connectivity index (χ3n) is 6.30. The van der Waals surface area contributed by atoms with Crippen molar-refractivity contribution >= 4 is 23.5 Å². The molecule has 2 unspecified atom stereocenters. The van der Waals surface area contributed by atoms with Crippen LogP contribution < -0.4 is 19.7 Å². The van der Waals surface area contributed by atoms with Gasteiger partial charge in [-0.2, -0.15) is 0 Å². The van der Waals surface area contributed by atoms with E-state index in [0.717, 1.165) is 11.1 Å². The van der Waals surface area contributed by atoms with Crippen molar-refractivity contribution in [3.63, 3.8) is 0 Å². The topological polar surface area (TPSA) is 147 Å². The minimum Gasteiger partial charge on any atom is -0.486 e. The van der Waals surface area contributed by atoms with Gasteiger partial charge in [-0.05, 0) is 28.2 Å². The second-order valence-electron chi connectivity index (χ2n) is 9.31. The fourth-order valence-electron chi connectivity index (χ4n) is 4.24. The molecule has 1 aromatic heterocycles. The van der Waals surface area contributed by atoms with Crippen molar-refractivity contribution in [2.24, 2.45) is 0 Å². The van der Waals surface area contributed by atoms with Crippen LogP contribution in [0.4, 0.5) is 20.7 Å². The Labute approximate surface area is 227 Å². The highest BCUT2D eigenvalue weighted by Crippen LogP contribution is 2.28. The number of hydrogen-bond donors (Lipinski definition) is 1. The number of nitrogens with zero attached hydrogens (tertiary/aromatic N) is 4. The molecule has 0 spiro atoms. The number of hydrogen-bond acceptors (Lipinski definition) is 9. The van der Waals surface area contributed by atoms with E-state index in [1.54, 1.807) is 10.6 Å². The van der Waals surface area contributed by atoms with Crippen LogP contribution in [0.25, 0.3) is 0 Å². The summed E-state index contributed by atoms with van der Waals surface area (Å²) in [6.45, 7) is 2.80. The highest BCUT2D eigenvalue weighted by atomic mass is 19.1. The standard InChI is InChI=1S/C26H26FN5O8/c1-16(33)28-9-20-11-31(26(34)40-20)19-6-7-23(22(27)8-19)38-14-18-4-2-17(3-5-18)13-37-21-10-30-12-24(32(35)36)29-25(30)39-15-21/h2-8,12,20-21H,9-11,13-15H2,1H3,(H,28,33). The molecule has 2 aliphatic rings. The van der Waals surface area contributed by atoms with E-state index in [-0.39, 0.29) is 55.9 Å². The fraction of sp³-hybridized carbons (Fsp3) is 0.346. The monoisotopic (exact) mass is 555 g/mol. The van der Waals surface area contributed by atoms with Crippen LogP contribution >= 0.6 is 0 Å². The Morgan fingerprint density at radius 1 is 1.20 bits per heavy atom. The Morgan fingerprint density at radius 2 is 1.95 bits per heavy atom. The van der Waals surface area contributed by atoms with Crippen LogP contribution in [-0.4, -0.2) is 58.4 Å². The molecular weight excluding hydrogens is 529 g/mol. The number of benzene rings is 2. The zero-order valence-corrected chi connectivity index (χ0v) is 21.4. The van der Waals surface area contributed by atoms with E-state index in [1.165, 1.54) is 30.2 Å². The summed E-state index contributed by atoms with van der Waals surface area (Å²) < 4.78 is 38.5. The summed E-state index contributed by atoms with van der Waals surface area (Å²) in [7, 11) is 0. The Bertz CT molecular complexity index is 1410. The van der Waals surface area contributed by atoms with Gasteiger partial charge in [0.15, 0.2) is 11.6 Å². The van der Waals surface area contributed by atoms with Crippen molar-refractivity contribution in [2.45, 2.75) is 38.9 Å². The minimum absolute atomic E-state index is 0.0370. The number of nitro groups is 1. The van der Waals surface area contributed by atoms with E-state index >= 15 is 0 Å². The largest absolute Gasteiger partial charge is 0.486 e. The summed E-state index contributed by atoms with van der Waals surface area (Å²) in [5.41, 5.74) is 2.04. The number of anilines is 1. The molecule has 2 atom stereocenters. The summed E-state index contributed by atoms with van der Waals surface area (Å²) >= 11 is 0. The maximum absolute atomic E-state index is 14.7. The first-order valence-electron chi connectivity index (χ1n) is 12.4. The molecule has 2 aromatic carbocycles. The van der Waals surface area contributed by atoms with Crippen LogP contribution in [0.5, 0.6) is 11.8 Å².